The third-order valence-electron chi connectivity index (χ3n) is 5.55. The number of allylic oxidation sites excluding steroid dienone is 4. The van der Waals surface area contributed by atoms with Crippen LogP contribution in [0.25, 0.3) is 5.57 Å². The van der Waals surface area contributed by atoms with Gasteiger partial charge in [-0.3, -0.25) is 4.79 Å². The van der Waals surface area contributed by atoms with Gasteiger partial charge in [-0.15, -0.1) is 0 Å². The SMILES string of the molecule is C[C@]12CCC3=C(CCc4cc(O)ccc43)C1=CCCC2=O. The molecular weight excluding hydrogens is 260 g/mol. The standard InChI is InChI=1S/C19H20O2/c1-19-10-9-15-14-8-6-13(20)11-12(14)5-7-16(15)17(19)3-2-4-18(19)21/h3,6,8,11,20H,2,4-5,7,9-10H2,1H3/t19-/m0/s1. The first-order chi connectivity index (χ1) is 10.1. The molecule has 0 heterocycles. The molecule has 0 saturated carbocycles. The van der Waals surface area contributed by atoms with E-state index in [4.69, 9.17) is 0 Å². The number of phenols is 1. The number of phenolic OH excluding ortho intramolecular Hbond substituents is 1. The number of fused-ring (bicyclic) bond motifs is 4. The molecule has 0 aliphatic heterocycles. The van der Waals surface area contributed by atoms with Crippen LogP contribution in [0.2, 0.25) is 0 Å². The van der Waals surface area contributed by atoms with E-state index >= 15 is 0 Å². The van der Waals surface area contributed by atoms with E-state index in [0.717, 1.165) is 32.1 Å². The number of hydrogen-bond acceptors (Lipinski definition) is 2. The molecule has 21 heavy (non-hydrogen) atoms. The number of Topliss-reactive ketones (excluding diaryl/α,β-unsaturated/α-hetero) is 1. The van der Waals surface area contributed by atoms with Crippen molar-refractivity contribution < 1.29 is 9.90 Å². The average molecular weight is 280 g/mol. The van der Waals surface area contributed by atoms with Crippen LogP contribution in [0.4, 0.5) is 0 Å². The maximum atomic E-state index is 12.4. The van der Waals surface area contributed by atoms with E-state index in [0.29, 0.717) is 18.0 Å². The highest BCUT2D eigenvalue weighted by molar-refractivity contribution is 5.93. The largest absolute Gasteiger partial charge is 0.508 e. The molecule has 1 N–H and O–H groups in total. The van der Waals surface area contributed by atoms with Crippen LogP contribution in [-0.4, -0.2) is 10.9 Å². The molecule has 2 nitrogen and oxygen atoms in total. The van der Waals surface area contributed by atoms with Gasteiger partial charge in [0, 0.05) is 6.42 Å². The van der Waals surface area contributed by atoms with E-state index in [9.17, 15) is 9.90 Å². The van der Waals surface area contributed by atoms with Crippen LogP contribution in [0.3, 0.4) is 0 Å². The van der Waals surface area contributed by atoms with Crippen LogP contribution in [0.1, 0.15) is 50.2 Å². The third-order valence-corrected chi connectivity index (χ3v) is 5.55. The smallest absolute Gasteiger partial charge is 0.143 e. The Morgan fingerprint density at radius 1 is 1.10 bits per heavy atom. The fourth-order valence-electron chi connectivity index (χ4n) is 4.34. The van der Waals surface area contributed by atoms with Gasteiger partial charge in [0.05, 0.1) is 5.41 Å². The van der Waals surface area contributed by atoms with Gasteiger partial charge < -0.3 is 5.11 Å². The molecule has 1 aromatic rings. The number of aryl methyl sites for hydroxylation is 1. The second-order valence-electron chi connectivity index (χ2n) is 6.71. The van der Waals surface area contributed by atoms with Crippen molar-refractivity contribution in [1.29, 1.82) is 0 Å². The number of ketones is 1. The van der Waals surface area contributed by atoms with Gasteiger partial charge >= 0.3 is 0 Å². The molecule has 0 bridgehead atoms. The molecule has 108 valence electrons. The minimum absolute atomic E-state index is 0.245. The average Bonchev–Trinajstić information content (AvgIpc) is 2.48. The van der Waals surface area contributed by atoms with Crippen molar-refractivity contribution in [3.8, 4) is 5.75 Å². The molecule has 0 unspecified atom stereocenters. The van der Waals surface area contributed by atoms with Crippen LogP contribution in [0.15, 0.2) is 35.4 Å². The van der Waals surface area contributed by atoms with Crippen molar-refractivity contribution in [2.24, 2.45) is 5.41 Å². The van der Waals surface area contributed by atoms with Gasteiger partial charge in [0.25, 0.3) is 0 Å². The Hall–Kier alpha value is -1.83. The van der Waals surface area contributed by atoms with Crippen LogP contribution < -0.4 is 0 Å². The lowest BCUT2D eigenvalue weighted by Gasteiger charge is -2.42. The molecule has 3 aliphatic carbocycles. The summed E-state index contributed by atoms with van der Waals surface area (Å²) in [6.45, 7) is 2.14. The second kappa shape index (κ2) is 4.33. The monoisotopic (exact) mass is 280 g/mol. The molecule has 1 atom stereocenters. The van der Waals surface area contributed by atoms with Gasteiger partial charge in [-0.25, -0.2) is 0 Å². The molecule has 1 aromatic carbocycles. The number of carbonyl (C=O) groups is 1. The van der Waals surface area contributed by atoms with E-state index in [1.54, 1.807) is 6.07 Å². The van der Waals surface area contributed by atoms with Crippen molar-refractivity contribution in [2.75, 3.05) is 0 Å². The molecule has 2 heteroatoms. The summed E-state index contributed by atoms with van der Waals surface area (Å²) in [5, 5.41) is 9.68. The zero-order valence-corrected chi connectivity index (χ0v) is 12.4. The Morgan fingerprint density at radius 2 is 1.95 bits per heavy atom. The Bertz CT molecular complexity index is 708. The number of benzene rings is 1. The molecule has 0 fully saturated rings. The minimum atomic E-state index is -0.245. The first-order valence-electron chi connectivity index (χ1n) is 7.88. The van der Waals surface area contributed by atoms with E-state index in [1.165, 1.54) is 27.8 Å². The van der Waals surface area contributed by atoms with Crippen LogP contribution in [0, 0.1) is 5.41 Å². The molecule has 0 amide bonds. The maximum Gasteiger partial charge on any atom is 0.143 e. The number of rotatable bonds is 0. The summed E-state index contributed by atoms with van der Waals surface area (Å²) in [5.41, 5.74) is 6.42. The molecular formula is C19H20O2. The molecule has 4 rings (SSSR count). The van der Waals surface area contributed by atoms with Crippen LogP contribution in [0.5, 0.6) is 5.75 Å². The highest BCUT2D eigenvalue weighted by atomic mass is 16.3. The van der Waals surface area contributed by atoms with Gasteiger partial charge in [-0.1, -0.05) is 12.1 Å². The number of hydrogen-bond donors (Lipinski definition) is 1. The predicted octanol–water partition coefficient (Wildman–Crippen LogP) is 4.18. The molecule has 0 saturated heterocycles. The Kier molecular flexibility index (Phi) is 2.66. The molecule has 0 radical (unpaired) electrons. The minimum Gasteiger partial charge on any atom is -0.508 e. The van der Waals surface area contributed by atoms with E-state index in [1.807, 2.05) is 12.1 Å². The summed E-state index contributed by atoms with van der Waals surface area (Å²) in [6.07, 6.45) is 7.77. The summed E-state index contributed by atoms with van der Waals surface area (Å²) in [7, 11) is 0. The number of carbonyl (C=O) groups excluding carboxylic acids is 1. The fourth-order valence-corrected chi connectivity index (χ4v) is 4.34. The van der Waals surface area contributed by atoms with Crippen molar-refractivity contribution in [3.63, 3.8) is 0 Å². The third kappa shape index (κ3) is 1.75. The Labute approximate surface area is 125 Å². The first kappa shape index (κ1) is 12.9. The maximum absolute atomic E-state index is 12.4. The Balaban J connectivity index is 1.89. The predicted molar refractivity (Wildman–Crippen MR) is 83.0 cm³/mol. The lowest BCUT2D eigenvalue weighted by molar-refractivity contribution is -0.126. The quantitative estimate of drug-likeness (QED) is 0.774. The van der Waals surface area contributed by atoms with Crippen molar-refractivity contribution in [1.82, 2.24) is 0 Å². The molecule has 0 spiro atoms. The zero-order chi connectivity index (χ0) is 14.6. The fraction of sp³-hybridized carbons (Fsp3) is 0.421. The van der Waals surface area contributed by atoms with Gasteiger partial charge in [0.2, 0.25) is 0 Å². The van der Waals surface area contributed by atoms with Gasteiger partial charge in [0.1, 0.15) is 11.5 Å². The van der Waals surface area contributed by atoms with Gasteiger partial charge in [0.15, 0.2) is 0 Å². The molecule has 0 aromatic heterocycles. The first-order valence-corrected chi connectivity index (χ1v) is 7.88. The molecule has 3 aliphatic rings. The highest BCUT2D eigenvalue weighted by Crippen LogP contribution is 2.53. The van der Waals surface area contributed by atoms with E-state index in [2.05, 4.69) is 13.0 Å². The van der Waals surface area contributed by atoms with Crippen molar-refractivity contribution in [3.05, 3.63) is 46.5 Å². The lowest BCUT2D eigenvalue weighted by Crippen LogP contribution is -2.36. The van der Waals surface area contributed by atoms with Crippen LogP contribution in [-0.2, 0) is 11.2 Å². The highest BCUT2D eigenvalue weighted by Gasteiger charge is 2.43. The zero-order valence-electron chi connectivity index (χ0n) is 12.4. The number of aromatic hydroxyl groups is 1. The summed E-state index contributed by atoms with van der Waals surface area (Å²) >= 11 is 0. The topological polar surface area (TPSA) is 37.3 Å². The summed E-state index contributed by atoms with van der Waals surface area (Å²) in [5.74, 6) is 0.772. The summed E-state index contributed by atoms with van der Waals surface area (Å²) in [6, 6.07) is 5.73. The van der Waals surface area contributed by atoms with E-state index < -0.39 is 0 Å². The summed E-state index contributed by atoms with van der Waals surface area (Å²) in [4.78, 5) is 12.4. The van der Waals surface area contributed by atoms with Crippen molar-refractivity contribution in [2.45, 2.75) is 45.4 Å². The van der Waals surface area contributed by atoms with Crippen molar-refractivity contribution >= 4 is 11.4 Å². The Morgan fingerprint density at radius 3 is 2.81 bits per heavy atom. The summed E-state index contributed by atoms with van der Waals surface area (Å²) < 4.78 is 0. The van der Waals surface area contributed by atoms with E-state index in [-0.39, 0.29) is 5.41 Å². The van der Waals surface area contributed by atoms with Gasteiger partial charge in [-0.05, 0) is 79.0 Å². The van der Waals surface area contributed by atoms with Crippen LogP contribution >= 0.6 is 0 Å². The van der Waals surface area contributed by atoms with Gasteiger partial charge in [-0.2, -0.15) is 0 Å². The second-order valence-corrected chi connectivity index (χ2v) is 6.71. The lowest BCUT2D eigenvalue weighted by atomic mass is 9.60. The normalized spacial score (nSPS) is 27.7.